The molecule has 4 aliphatic rings. The van der Waals surface area contributed by atoms with Crippen molar-refractivity contribution in [3.63, 3.8) is 0 Å². The molecule has 13 heteroatoms. The smallest absolute Gasteiger partial charge is 0.315 e. The number of carbonyl (C=O) groups is 5. The van der Waals surface area contributed by atoms with Crippen molar-refractivity contribution in [2.45, 2.75) is 135 Å². The van der Waals surface area contributed by atoms with Gasteiger partial charge in [-0.05, 0) is 54.8 Å². The summed E-state index contributed by atoms with van der Waals surface area (Å²) in [4.78, 5) is 69.4. The second kappa shape index (κ2) is 14.5. The highest BCUT2D eigenvalue weighted by atomic mass is 32.2. The van der Waals surface area contributed by atoms with Crippen molar-refractivity contribution < 1.29 is 32.4 Å². The molecule has 2 aliphatic carbocycles. The monoisotopic (exact) mass is 691 g/mol. The van der Waals surface area contributed by atoms with Crippen molar-refractivity contribution in [2.24, 2.45) is 22.7 Å². The second-order valence-corrected chi connectivity index (χ2v) is 18.4. The predicted octanol–water partition coefficient (Wildman–Crippen LogP) is 3.01. The Labute approximate surface area is 286 Å². The van der Waals surface area contributed by atoms with Gasteiger partial charge < -0.3 is 26.2 Å². The quantitative estimate of drug-likeness (QED) is 0.170. The predicted molar refractivity (Wildman–Crippen MR) is 183 cm³/mol. The number of unbranched alkanes of at least 4 members (excludes halogenated alkanes) is 1. The first-order valence-corrected chi connectivity index (χ1v) is 19.5. The number of ketones is 1. The van der Waals surface area contributed by atoms with E-state index >= 15 is 0 Å². The summed E-state index contributed by atoms with van der Waals surface area (Å²) in [5.74, 6) is -2.41. The van der Waals surface area contributed by atoms with Crippen molar-refractivity contribution in [3.8, 4) is 0 Å². The summed E-state index contributed by atoms with van der Waals surface area (Å²) in [5.41, 5.74) is -1.84. The van der Waals surface area contributed by atoms with Crippen LogP contribution in [0.3, 0.4) is 0 Å². The SMILES string of the molecule is C=CCNC(=O)C(=O)C(CCCC)NC(=O)[C@@H]1[C@@H]2[C@H](CN1C(=O)[C@@H](NC(=O)NC1(C3CCCS3(=O)=O)CCCCC1)C(C)(C)C)C2(C)C. The van der Waals surface area contributed by atoms with Crippen LogP contribution in [0.2, 0.25) is 0 Å². The largest absolute Gasteiger partial charge is 0.346 e. The number of urea groups is 1. The van der Waals surface area contributed by atoms with E-state index in [0.29, 0.717) is 38.6 Å². The molecule has 270 valence electrons. The number of carbonyl (C=O) groups excluding carboxylic acids is 5. The third-order valence-corrected chi connectivity index (χ3v) is 13.7. The van der Waals surface area contributed by atoms with Crippen molar-refractivity contribution in [1.82, 2.24) is 26.2 Å². The first-order chi connectivity index (χ1) is 22.4. The summed E-state index contributed by atoms with van der Waals surface area (Å²) in [7, 11) is -3.35. The fourth-order valence-electron chi connectivity index (χ4n) is 8.49. The Hall–Kier alpha value is -2.96. The van der Waals surface area contributed by atoms with E-state index in [-0.39, 0.29) is 36.0 Å². The fourth-order valence-corrected chi connectivity index (χ4v) is 10.8. The van der Waals surface area contributed by atoms with E-state index in [1.54, 1.807) is 0 Å². The number of nitrogens with one attached hydrogen (secondary N) is 4. The van der Waals surface area contributed by atoms with E-state index in [1.165, 1.54) is 11.0 Å². The van der Waals surface area contributed by atoms with Crippen LogP contribution in [0.4, 0.5) is 4.79 Å². The van der Waals surface area contributed by atoms with Crippen LogP contribution in [-0.4, -0.2) is 90.6 Å². The Bertz CT molecular complexity index is 1380. The molecule has 5 amide bonds. The van der Waals surface area contributed by atoms with E-state index in [1.807, 2.05) is 27.7 Å². The van der Waals surface area contributed by atoms with Crippen molar-refractivity contribution in [3.05, 3.63) is 12.7 Å². The molecule has 0 aromatic rings. The molecule has 0 spiro atoms. The number of amides is 5. The standard InChI is InChI=1S/C35H57N5O7S/c1-8-10-15-23(27(41)30(43)36-19-9-2)37-29(42)26-25-22(34(25,6)7)21-40(26)31(44)28(33(3,4)5)38-32(45)39-35(17-12-11-13-18-35)24-16-14-20-48(24,46)47/h9,22-26,28H,2,8,10-21H2,1,3-7H3,(H,36,43)(H,37,42)(H2,38,39,45)/t22-,23?,24?,25-,26-,28+/m0/s1. The number of piperidine rings is 1. The summed E-state index contributed by atoms with van der Waals surface area (Å²) < 4.78 is 26.1. The molecule has 48 heavy (non-hydrogen) atoms. The molecule has 2 unspecified atom stereocenters. The number of Topliss-reactive ketones (excluding diaryl/α,β-unsaturated/α-hetero) is 1. The van der Waals surface area contributed by atoms with Gasteiger partial charge in [0.05, 0.1) is 22.6 Å². The minimum absolute atomic E-state index is 0.0606. The molecule has 2 saturated heterocycles. The number of fused-ring (bicyclic) bond motifs is 1. The Morgan fingerprint density at radius 2 is 1.69 bits per heavy atom. The van der Waals surface area contributed by atoms with Crippen LogP contribution < -0.4 is 21.3 Å². The molecule has 0 radical (unpaired) electrons. The van der Waals surface area contributed by atoms with Crippen molar-refractivity contribution >= 4 is 39.4 Å². The summed E-state index contributed by atoms with van der Waals surface area (Å²) in [6.45, 7) is 15.6. The molecule has 4 N–H and O–H groups in total. The maximum absolute atomic E-state index is 14.4. The number of sulfone groups is 1. The van der Waals surface area contributed by atoms with E-state index in [9.17, 15) is 32.4 Å². The third-order valence-electron chi connectivity index (χ3n) is 11.3. The Morgan fingerprint density at radius 3 is 2.25 bits per heavy atom. The molecule has 4 rings (SSSR count). The highest BCUT2D eigenvalue weighted by molar-refractivity contribution is 7.92. The van der Waals surface area contributed by atoms with Gasteiger partial charge in [0.1, 0.15) is 12.1 Å². The molecule has 6 atom stereocenters. The average molecular weight is 692 g/mol. The zero-order chi connectivity index (χ0) is 35.7. The van der Waals surface area contributed by atoms with Gasteiger partial charge in [0.25, 0.3) is 5.91 Å². The molecule has 2 aliphatic heterocycles. The van der Waals surface area contributed by atoms with E-state index < -0.39 is 73.7 Å². The van der Waals surface area contributed by atoms with Crippen LogP contribution in [0.25, 0.3) is 0 Å². The first kappa shape index (κ1) is 37.9. The third kappa shape index (κ3) is 7.75. The van der Waals surface area contributed by atoms with Crippen molar-refractivity contribution in [1.29, 1.82) is 0 Å². The number of hydrogen-bond acceptors (Lipinski definition) is 7. The summed E-state index contributed by atoms with van der Waals surface area (Å²) >= 11 is 0. The average Bonchev–Trinajstić information content (AvgIpc) is 3.33. The van der Waals surface area contributed by atoms with E-state index in [2.05, 4.69) is 41.7 Å². The molecule has 4 fully saturated rings. The Kier molecular flexibility index (Phi) is 11.4. The first-order valence-electron chi connectivity index (χ1n) is 17.8. The molecular formula is C35H57N5O7S. The fraction of sp³-hybridized carbons (Fsp3) is 0.800. The highest BCUT2D eigenvalue weighted by Gasteiger charge is 2.70. The van der Waals surface area contributed by atoms with Gasteiger partial charge in [0.2, 0.25) is 17.6 Å². The van der Waals surface area contributed by atoms with Gasteiger partial charge in [0, 0.05) is 13.1 Å². The Morgan fingerprint density at radius 1 is 1.02 bits per heavy atom. The lowest BCUT2D eigenvalue weighted by atomic mass is 9.78. The number of likely N-dealkylation sites (tertiary alicyclic amines) is 1. The highest BCUT2D eigenvalue weighted by Crippen LogP contribution is 2.65. The lowest BCUT2D eigenvalue weighted by molar-refractivity contribution is -0.145. The minimum atomic E-state index is -3.35. The van der Waals surface area contributed by atoms with Gasteiger partial charge in [0.15, 0.2) is 9.84 Å². The van der Waals surface area contributed by atoms with E-state index in [0.717, 1.165) is 25.7 Å². The number of nitrogens with zero attached hydrogens (tertiary/aromatic N) is 1. The van der Waals surface area contributed by atoms with Gasteiger partial charge in [-0.3, -0.25) is 19.2 Å². The molecule has 0 bridgehead atoms. The molecule has 0 aromatic carbocycles. The molecule has 12 nitrogen and oxygen atoms in total. The lowest BCUT2D eigenvalue weighted by Crippen LogP contribution is -2.65. The van der Waals surface area contributed by atoms with Gasteiger partial charge in [-0.2, -0.15) is 0 Å². The maximum atomic E-state index is 14.4. The van der Waals surface area contributed by atoms with Gasteiger partial charge >= 0.3 is 6.03 Å². The molecule has 2 heterocycles. The van der Waals surface area contributed by atoms with Crippen LogP contribution in [-0.2, 0) is 29.0 Å². The topological polar surface area (TPSA) is 171 Å². The number of rotatable bonds is 13. The van der Waals surface area contributed by atoms with Gasteiger partial charge in [-0.1, -0.05) is 79.7 Å². The van der Waals surface area contributed by atoms with Crippen molar-refractivity contribution in [2.75, 3.05) is 18.8 Å². The van der Waals surface area contributed by atoms with E-state index in [4.69, 9.17) is 0 Å². The van der Waals surface area contributed by atoms with Gasteiger partial charge in [-0.25, -0.2) is 13.2 Å². The second-order valence-electron chi connectivity index (χ2n) is 16.1. The molecule has 2 saturated carbocycles. The molecule has 0 aromatic heterocycles. The van der Waals surface area contributed by atoms with Crippen LogP contribution in [0.1, 0.15) is 106 Å². The van der Waals surface area contributed by atoms with Crippen LogP contribution in [0.5, 0.6) is 0 Å². The Balaban J connectivity index is 1.55. The summed E-state index contributed by atoms with van der Waals surface area (Å²) in [6.07, 6.45) is 7.93. The zero-order valence-electron chi connectivity index (χ0n) is 29.7. The normalized spacial score (nSPS) is 27.9. The van der Waals surface area contributed by atoms with Crippen LogP contribution in [0.15, 0.2) is 12.7 Å². The lowest BCUT2D eigenvalue weighted by Gasteiger charge is -2.43. The van der Waals surface area contributed by atoms with Crippen LogP contribution in [0, 0.1) is 22.7 Å². The summed E-state index contributed by atoms with van der Waals surface area (Å²) in [6, 6.07) is -3.53. The van der Waals surface area contributed by atoms with Crippen LogP contribution >= 0.6 is 0 Å². The number of hydrogen-bond donors (Lipinski definition) is 4. The van der Waals surface area contributed by atoms with Gasteiger partial charge in [-0.15, -0.1) is 6.58 Å². The zero-order valence-corrected chi connectivity index (χ0v) is 30.5. The maximum Gasteiger partial charge on any atom is 0.315 e. The molecular weight excluding hydrogens is 634 g/mol. The minimum Gasteiger partial charge on any atom is -0.346 e. The summed E-state index contributed by atoms with van der Waals surface area (Å²) in [5, 5.41) is 10.6.